The van der Waals surface area contributed by atoms with Crippen molar-refractivity contribution in [3.05, 3.63) is 67.3 Å². The quantitative estimate of drug-likeness (QED) is 0.392. The van der Waals surface area contributed by atoms with Gasteiger partial charge in [-0.15, -0.1) is 0 Å². The van der Waals surface area contributed by atoms with Gasteiger partial charge in [-0.25, -0.2) is 4.79 Å². The number of methoxy groups -OCH3 is 1. The summed E-state index contributed by atoms with van der Waals surface area (Å²) in [6, 6.07) is 9.27. The average Bonchev–Trinajstić information content (AvgIpc) is 2.59. The number of rotatable bonds is 4. The van der Waals surface area contributed by atoms with Crippen molar-refractivity contribution in [3.8, 4) is 5.75 Å². The van der Waals surface area contributed by atoms with Gasteiger partial charge >= 0.3 is 6.03 Å². The lowest BCUT2D eigenvalue weighted by Gasteiger charge is -2.16. The average molecular weight is 490 g/mol. The zero-order chi connectivity index (χ0) is 20.4. The van der Waals surface area contributed by atoms with Crippen molar-refractivity contribution in [2.75, 3.05) is 7.11 Å². The number of ether oxygens (including phenoxy) is 1. The molecule has 1 aliphatic rings. The van der Waals surface area contributed by atoms with E-state index in [4.69, 9.17) is 4.74 Å². The van der Waals surface area contributed by atoms with Gasteiger partial charge in [-0.3, -0.25) is 20.2 Å². The first-order valence-corrected chi connectivity index (χ1v) is 9.66. The molecule has 0 bridgehead atoms. The third kappa shape index (κ3) is 4.41. The molecule has 3 rings (SSSR count). The van der Waals surface area contributed by atoms with Gasteiger partial charge in [-0.1, -0.05) is 29.3 Å². The third-order valence-electron chi connectivity index (χ3n) is 4.31. The Morgan fingerprint density at radius 2 is 1.57 bits per heavy atom. The second-order valence-corrected chi connectivity index (χ2v) is 7.81. The number of carbonyl (C=O) groups is 3. The number of halogens is 1. The van der Waals surface area contributed by atoms with Crippen molar-refractivity contribution >= 4 is 46.5 Å². The molecule has 0 radical (unpaired) electrons. The molecule has 1 heterocycles. The van der Waals surface area contributed by atoms with Gasteiger partial charge in [0.15, 0.2) is 0 Å². The molecule has 0 aromatic heterocycles. The summed E-state index contributed by atoms with van der Waals surface area (Å²) in [7, 11) is 1.59. The maximum Gasteiger partial charge on any atom is 0.328 e. The summed E-state index contributed by atoms with van der Waals surface area (Å²) in [4.78, 5) is 35.1. The molecule has 2 aromatic rings. The Hall–Kier alpha value is -2.68. The third-order valence-corrected chi connectivity index (χ3v) is 5.28. The van der Waals surface area contributed by atoms with Crippen LogP contribution in [0.25, 0.3) is 6.08 Å². The number of aryl methyl sites for hydroxylation is 2. The fourth-order valence-electron chi connectivity index (χ4n) is 3.22. The molecule has 144 valence electrons. The van der Waals surface area contributed by atoms with Gasteiger partial charge in [0.05, 0.1) is 7.11 Å². The van der Waals surface area contributed by atoms with E-state index in [1.165, 1.54) is 22.8 Å². The fraction of sp³-hybridized carbons (Fsp3) is 0.190. The van der Waals surface area contributed by atoms with E-state index >= 15 is 0 Å². The molecule has 1 aliphatic heterocycles. The molecule has 4 amide bonds. The predicted octanol–water partition coefficient (Wildman–Crippen LogP) is 3.26. The minimum Gasteiger partial charge on any atom is -0.496 e. The van der Waals surface area contributed by atoms with Crippen LogP contribution >= 0.6 is 22.6 Å². The van der Waals surface area contributed by atoms with Crippen molar-refractivity contribution in [1.29, 1.82) is 0 Å². The van der Waals surface area contributed by atoms with Crippen LogP contribution in [0.3, 0.4) is 0 Å². The fourth-order valence-corrected chi connectivity index (χ4v) is 4.03. The minimum atomic E-state index is -0.817. The van der Waals surface area contributed by atoms with E-state index in [9.17, 15) is 14.4 Å². The van der Waals surface area contributed by atoms with Crippen molar-refractivity contribution < 1.29 is 19.1 Å². The Labute approximate surface area is 176 Å². The minimum absolute atomic E-state index is 0.125. The van der Waals surface area contributed by atoms with Crippen LogP contribution in [0, 0.1) is 17.4 Å². The zero-order valence-corrected chi connectivity index (χ0v) is 17.8. The Bertz CT molecular complexity index is 985. The number of hydrogen-bond acceptors (Lipinski definition) is 4. The van der Waals surface area contributed by atoms with Crippen LogP contribution in [0.1, 0.15) is 27.8 Å². The van der Waals surface area contributed by atoms with Gasteiger partial charge in [0, 0.05) is 15.6 Å². The molecular formula is C21H19IN2O4. The molecule has 0 spiro atoms. The zero-order valence-electron chi connectivity index (χ0n) is 15.7. The smallest absolute Gasteiger partial charge is 0.328 e. The molecular weight excluding hydrogens is 471 g/mol. The number of urea groups is 1. The molecule has 1 fully saturated rings. The SMILES string of the molecule is COc1cc(C=C2C(=O)NC(=O)NC2=O)cc(I)c1Cc1cc(C)cc(C)c1. The highest BCUT2D eigenvalue weighted by Crippen LogP contribution is 2.30. The summed E-state index contributed by atoms with van der Waals surface area (Å²) in [5.74, 6) is -0.769. The van der Waals surface area contributed by atoms with Crippen LogP contribution in [0.5, 0.6) is 5.75 Å². The largest absolute Gasteiger partial charge is 0.496 e. The first kappa shape index (κ1) is 20.1. The number of benzene rings is 2. The Kier molecular flexibility index (Phi) is 5.83. The van der Waals surface area contributed by atoms with E-state index < -0.39 is 17.8 Å². The van der Waals surface area contributed by atoms with E-state index in [0.29, 0.717) is 17.7 Å². The summed E-state index contributed by atoms with van der Waals surface area (Å²) in [6.07, 6.45) is 2.15. The maximum absolute atomic E-state index is 11.9. The van der Waals surface area contributed by atoms with Gasteiger partial charge in [-0.05, 0) is 65.8 Å². The summed E-state index contributed by atoms with van der Waals surface area (Å²) in [6.45, 7) is 4.14. The van der Waals surface area contributed by atoms with Gasteiger partial charge in [0.25, 0.3) is 11.8 Å². The van der Waals surface area contributed by atoms with Gasteiger partial charge < -0.3 is 4.74 Å². The van der Waals surface area contributed by atoms with E-state index in [1.807, 2.05) is 6.07 Å². The summed E-state index contributed by atoms with van der Waals surface area (Å²) >= 11 is 2.22. The normalized spacial score (nSPS) is 13.9. The van der Waals surface area contributed by atoms with E-state index in [-0.39, 0.29) is 5.57 Å². The van der Waals surface area contributed by atoms with Crippen LogP contribution in [0.4, 0.5) is 4.79 Å². The highest BCUT2D eigenvalue weighted by atomic mass is 127. The molecule has 0 aliphatic carbocycles. The maximum atomic E-state index is 11.9. The number of carbonyl (C=O) groups excluding carboxylic acids is 3. The van der Waals surface area contributed by atoms with E-state index in [2.05, 4.69) is 65.3 Å². The highest BCUT2D eigenvalue weighted by molar-refractivity contribution is 14.1. The van der Waals surface area contributed by atoms with Crippen LogP contribution in [0.2, 0.25) is 0 Å². The summed E-state index contributed by atoms with van der Waals surface area (Å²) in [5.41, 5.74) is 5.13. The monoisotopic (exact) mass is 490 g/mol. The van der Waals surface area contributed by atoms with Crippen molar-refractivity contribution in [1.82, 2.24) is 10.6 Å². The van der Waals surface area contributed by atoms with Crippen molar-refractivity contribution in [2.24, 2.45) is 0 Å². The summed E-state index contributed by atoms with van der Waals surface area (Å²) in [5, 5.41) is 4.13. The second kappa shape index (κ2) is 8.14. The standard InChI is InChI=1S/C21H19IN2O4/c1-11-4-12(2)6-13(5-11)7-15-17(22)9-14(10-18(15)28-3)8-16-19(25)23-21(27)24-20(16)26/h4-6,8-10H,7H2,1-3H3,(H2,23,24,25,26,27). The molecule has 0 saturated carbocycles. The Balaban J connectivity index is 1.98. The van der Waals surface area contributed by atoms with Gasteiger partial charge in [0.1, 0.15) is 11.3 Å². The lowest BCUT2D eigenvalue weighted by atomic mass is 9.98. The molecule has 2 N–H and O–H groups in total. The van der Waals surface area contributed by atoms with Gasteiger partial charge in [0.2, 0.25) is 0 Å². The Morgan fingerprint density at radius 3 is 2.14 bits per heavy atom. The lowest BCUT2D eigenvalue weighted by molar-refractivity contribution is -0.123. The second-order valence-electron chi connectivity index (χ2n) is 6.65. The number of barbiturate groups is 1. The van der Waals surface area contributed by atoms with Crippen molar-refractivity contribution in [2.45, 2.75) is 20.3 Å². The van der Waals surface area contributed by atoms with Crippen LogP contribution < -0.4 is 15.4 Å². The van der Waals surface area contributed by atoms with Crippen LogP contribution in [-0.2, 0) is 16.0 Å². The number of imide groups is 2. The molecule has 1 saturated heterocycles. The molecule has 28 heavy (non-hydrogen) atoms. The summed E-state index contributed by atoms with van der Waals surface area (Å²) < 4.78 is 6.52. The first-order chi connectivity index (χ1) is 13.3. The number of hydrogen-bond donors (Lipinski definition) is 2. The molecule has 2 aromatic carbocycles. The molecule has 7 heteroatoms. The molecule has 6 nitrogen and oxygen atoms in total. The van der Waals surface area contributed by atoms with E-state index in [1.54, 1.807) is 13.2 Å². The first-order valence-electron chi connectivity index (χ1n) is 8.58. The van der Waals surface area contributed by atoms with Crippen molar-refractivity contribution in [3.63, 3.8) is 0 Å². The molecule has 0 atom stereocenters. The number of nitrogens with one attached hydrogen (secondary N) is 2. The van der Waals surface area contributed by atoms with Gasteiger partial charge in [-0.2, -0.15) is 0 Å². The van der Waals surface area contributed by atoms with Crippen LogP contribution in [0.15, 0.2) is 35.9 Å². The van der Waals surface area contributed by atoms with E-state index in [0.717, 1.165) is 9.13 Å². The predicted molar refractivity (Wildman–Crippen MR) is 114 cm³/mol. The lowest BCUT2D eigenvalue weighted by Crippen LogP contribution is -2.51. The van der Waals surface area contributed by atoms with Crippen LogP contribution in [-0.4, -0.2) is 25.0 Å². The number of amides is 4. The topological polar surface area (TPSA) is 84.5 Å². The Morgan fingerprint density at radius 1 is 0.964 bits per heavy atom. The molecule has 0 unspecified atom stereocenters. The highest BCUT2D eigenvalue weighted by Gasteiger charge is 2.27.